The van der Waals surface area contributed by atoms with Gasteiger partial charge in [-0.3, -0.25) is 4.79 Å². The van der Waals surface area contributed by atoms with Crippen molar-refractivity contribution in [2.75, 3.05) is 6.61 Å². The van der Waals surface area contributed by atoms with Gasteiger partial charge in [-0.15, -0.1) is 0 Å². The van der Waals surface area contributed by atoms with Crippen LogP contribution in [-0.4, -0.2) is 34.7 Å². The van der Waals surface area contributed by atoms with Crippen molar-refractivity contribution in [3.8, 4) is 0 Å². The molecule has 5 nitrogen and oxygen atoms in total. The Balaban J connectivity index is 3.04. The highest BCUT2D eigenvalue weighted by Crippen LogP contribution is 2.25. The molecule has 1 aromatic rings. The summed E-state index contributed by atoms with van der Waals surface area (Å²) in [4.78, 5) is 22.9. The first kappa shape index (κ1) is 15.2. The lowest BCUT2D eigenvalue weighted by molar-refractivity contribution is -0.140. The predicted octanol–water partition coefficient (Wildman–Crippen LogP) is 1.16. The summed E-state index contributed by atoms with van der Waals surface area (Å²) in [5, 5.41) is 20.1. The van der Waals surface area contributed by atoms with E-state index in [1.807, 2.05) is 32.9 Å². The molecule has 0 radical (unpaired) electrons. The number of carbonyl (C=O) groups excluding carboxylic acids is 1. The molecule has 0 heterocycles. The van der Waals surface area contributed by atoms with E-state index in [2.05, 4.69) is 5.32 Å². The fraction of sp³-hybridized carbons (Fsp3) is 0.429. The summed E-state index contributed by atoms with van der Waals surface area (Å²) in [6, 6.07) is 5.74. The van der Waals surface area contributed by atoms with Crippen LogP contribution in [0, 0.1) is 0 Å². The number of carboxylic acids is 1. The minimum absolute atomic E-state index is 0.230. The quantitative estimate of drug-likeness (QED) is 0.762. The largest absolute Gasteiger partial charge is 0.480 e. The average Bonchev–Trinajstić information content (AvgIpc) is 2.34. The molecule has 1 amide bonds. The van der Waals surface area contributed by atoms with Crippen molar-refractivity contribution in [2.24, 2.45) is 0 Å². The first-order chi connectivity index (χ1) is 8.77. The molecule has 0 aliphatic carbocycles. The standard InChI is InChI=1S/C14H19NO4/c1-14(2,3)10-7-5-4-6-9(10)12(17)15-11(8-16)13(18)19/h4-7,11,16H,8H2,1-3H3,(H,15,17)(H,18,19)/t11-/m0/s1. The number of rotatable bonds is 4. The Morgan fingerprint density at radius 1 is 1.26 bits per heavy atom. The van der Waals surface area contributed by atoms with Crippen molar-refractivity contribution in [1.82, 2.24) is 5.32 Å². The molecule has 1 aromatic carbocycles. The number of hydrogen-bond acceptors (Lipinski definition) is 3. The van der Waals surface area contributed by atoms with Crippen molar-refractivity contribution < 1.29 is 19.8 Å². The van der Waals surface area contributed by atoms with Gasteiger partial charge >= 0.3 is 5.97 Å². The number of aliphatic hydroxyl groups excluding tert-OH is 1. The van der Waals surface area contributed by atoms with E-state index in [0.29, 0.717) is 5.56 Å². The fourth-order valence-electron chi connectivity index (χ4n) is 1.76. The molecular formula is C14H19NO4. The maximum absolute atomic E-state index is 12.1. The number of amides is 1. The number of carbonyl (C=O) groups is 2. The van der Waals surface area contributed by atoms with Crippen molar-refractivity contribution in [3.05, 3.63) is 35.4 Å². The van der Waals surface area contributed by atoms with Gasteiger partial charge in [0, 0.05) is 5.56 Å². The summed E-state index contributed by atoms with van der Waals surface area (Å²) in [6.07, 6.45) is 0. The molecule has 0 saturated carbocycles. The van der Waals surface area contributed by atoms with Gasteiger partial charge in [0.25, 0.3) is 5.91 Å². The van der Waals surface area contributed by atoms with Crippen LogP contribution in [0.2, 0.25) is 0 Å². The molecule has 3 N–H and O–H groups in total. The van der Waals surface area contributed by atoms with Gasteiger partial charge in [-0.2, -0.15) is 0 Å². The molecular weight excluding hydrogens is 246 g/mol. The minimum Gasteiger partial charge on any atom is -0.480 e. The molecule has 19 heavy (non-hydrogen) atoms. The Morgan fingerprint density at radius 3 is 2.32 bits per heavy atom. The highest BCUT2D eigenvalue weighted by molar-refractivity contribution is 5.98. The molecule has 1 rings (SSSR count). The summed E-state index contributed by atoms with van der Waals surface area (Å²) in [5.74, 6) is -1.75. The summed E-state index contributed by atoms with van der Waals surface area (Å²) in [7, 11) is 0. The molecule has 0 aromatic heterocycles. The lowest BCUT2D eigenvalue weighted by atomic mass is 9.83. The number of aliphatic hydroxyl groups is 1. The van der Waals surface area contributed by atoms with Gasteiger partial charge in [-0.1, -0.05) is 39.0 Å². The SMILES string of the molecule is CC(C)(C)c1ccccc1C(=O)N[C@@H](CO)C(=O)O. The Morgan fingerprint density at radius 2 is 1.84 bits per heavy atom. The first-order valence-corrected chi connectivity index (χ1v) is 6.01. The zero-order chi connectivity index (χ0) is 14.6. The fourth-order valence-corrected chi connectivity index (χ4v) is 1.76. The highest BCUT2D eigenvalue weighted by atomic mass is 16.4. The van der Waals surface area contributed by atoms with Gasteiger partial charge in [0.1, 0.15) is 0 Å². The topological polar surface area (TPSA) is 86.6 Å². The Bertz CT molecular complexity index is 477. The van der Waals surface area contributed by atoms with E-state index in [9.17, 15) is 9.59 Å². The maximum Gasteiger partial charge on any atom is 0.328 e. The van der Waals surface area contributed by atoms with E-state index in [1.54, 1.807) is 12.1 Å². The van der Waals surface area contributed by atoms with Crippen LogP contribution in [0.1, 0.15) is 36.7 Å². The third-order valence-electron chi connectivity index (χ3n) is 2.77. The van der Waals surface area contributed by atoms with Crippen LogP contribution < -0.4 is 5.32 Å². The third kappa shape index (κ3) is 3.79. The number of carboxylic acid groups (broad SMARTS) is 1. The van der Waals surface area contributed by atoms with Crippen molar-refractivity contribution >= 4 is 11.9 Å². The molecule has 1 atom stereocenters. The second kappa shape index (κ2) is 5.84. The minimum atomic E-state index is -1.29. The smallest absolute Gasteiger partial charge is 0.328 e. The zero-order valence-electron chi connectivity index (χ0n) is 11.3. The first-order valence-electron chi connectivity index (χ1n) is 6.01. The predicted molar refractivity (Wildman–Crippen MR) is 71.1 cm³/mol. The van der Waals surface area contributed by atoms with Gasteiger partial charge in [-0.05, 0) is 17.0 Å². The second-order valence-corrected chi connectivity index (χ2v) is 5.34. The van der Waals surface area contributed by atoms with E-state index < -0.39 is 24.5 Å². The van der Waals surface area contributed by atoms with Crippen LogP contribution in [0.4, 0.5) is 0 Å². The van der Waals surface area contributed by atoms with E-state index >= 15 is 0 Å². The third-order valence-corrected chi connectivity index (χ3v) is 2.77. The van der Waals surface area contributed by atoms with Crippen LogP contribution in [0.25, 0.3) is 0 Å². The van der Waals surface area contributed by atoms with Crippen molar-refractivity contribution in [2.45, 2.75) is 32.2 Å². The van der Waals surface area contributed by atoms with Crippen LogP contribution in [0.15, 0.2) is 24.3 Å². The van der Waals surface area contributed by atoms with Gasteiger partial charge in [0.2, 0.25) is 0 Å². The van der Waals surface area contributed by atoms with Gasteiger partial charge in [0.15, 0.2) is 6.04 Å². The van der Waals surface area contributed by atoms with E-state index in [1.165, 1.54) is 0 Å². The van der Waals surface area contributed by atoms with Crippen LogP contribution in [0.5, 0.6) is 0 Å². The molecule has 5 heteroatoms. The molecule has 0 unspecified atom stereocenters. The lowest BCUT2D eigenvalue weighted by Crippen LogP contribution is -2.43. The monoisotopic (exact) mass is 265 g/mol. The summed E-state index contributed by atoms with van der Waals surface area (Å²) in [5.41, 5.74) is 1.02. The molecule has 0 bridgehead atoms. The van der Waals surface area contributed by atoms with E-state index in [0.717, 1.165) is 5.56 Å². The summed E-state index contributed by atoms with van der Waals surface area (Å²) in [6.45, 7) is 5.28. The molecule has 0 spiro atoms. The Labute approximate surface area is 112 Å². The summed E-state index contributed by atoms with van der Waals surface area (Å²) < 4.78 is 0. The molecule has 0 aliphatic rings. The van der Waals surface area contributed by atoms with Crippen LogP contribution in [-0.2, 0) is 10.2 Å². The number of nitrogens with one attached hydrogen (secondary N) is 1. The lowest BCUT2D eigenvalue weighted by Gasteiger charge is -2.23. The Hall–Kier alpha value is -1.88. The second-order valence-electron chi connectivity index (χ2n) is 5.34. The maximum atomic E-state index is 12.1. The number of benzene rings is 1. The van der Waals surface area contributed by atoms with Gasteiger partial charge in [0.05, 0.1) is 6.61 Å². The number of aliphatic carboxylic acids is 1. The van der Waals surface area contributed by atoms with Crippen LogP contribution >= 0.6 is 0 Å². The number of hydrogen-bond donors (Lipinski definition) is 3. The van der Waals surface area contributed by atoms with Gasteiger partial charge in [-0.25, -0.2) is 4.79 Å². The highest BCUT2D eigenvalue weighted by Gasteiger charge is 2.24. The molecule has 0 fully saturated rings. The van der Waals surface area contributed by atoms with Crippen LogP contribution in [0.3, 0.4) is 0 Å². The summed E-state index contributed by atoms with van der Waals surface area (Å²) >= 11 is 0. The molecule has 0 aliphatic heterocycles. The van der Waals surface area contributed by atoms with E-state index in [4.69, 9.17) is 10.2 Å². The van der Waals surface area contributed by atoms with E-state index in [-0.39, 0.29) is 5.41 Å². The zero-order valence-corrected chi connectivity index (χ0v) is 11.3. The molecule has 104 valence electrons. The van der Waals surface area contributed by atoms with Crippen molar-refractivity contribution in [3.63, 3.8) is 0 Å². The normalized spacial score (nSPS) is 12.8. The average molecular weight is 265 g/mol. The van der Waals surface area contributed by atoms with Crippen molar-refractivity contribution in [1.29, 1.82) is 0 Å². The molecule has 0 saturated heterocycles. The van der Waals surface area contributed by atoms with Gasteiger partial charge < -0.3 is 15.5 Å². The Kier molecular flexibility index (Phi) is 4.67.